The maximum absolute atomic E-state index is 5.09. The molecule has 228 valence electrons. The topological polar surface area (TPSA) is 69.4 Å². The maximum atomic E-state index is 5.09. The van der Waals surface area contributed by atoms with Crippen molar-refractivity contribution < 1.29 is 0 Å². The highest BCUT2D eigenvalue weighted by atomic mass is 15.1. The molecule has 0 unspecified atom stereocenters. The fourth-order valence-corrected chi connectivity index (χ4v) is 7.16. The minimum atomic E-state index is 0.857. The Morgan fingerprint density at radius 3 is 2.04 bits per heavy atom. The molecule has 49 heavy (non-hydrogen) atoms. The first-order chi connectivity index (χ1) is 24.3. The second kappa shape index (κ2) is 10.9. The van der Waals surface area contributed by atoms with Crippen LogP contribution in [0.15, 0.2) is 159 Å². The second-order valence-electron chi connectivity index (χ2n) is 12.2. The fraction of sp³-hybridized carbons (Fsp3) is 0. The van der Waals surface area contributed by atoms with Crippen LogP contribution in [0.2, 0.25) is 0 Å². The van der Waals surface area contributed by atoms with Crippen molar-refractivity contribution >= 4 is 54.4 Å². The number of benzene rings is 4. The minimum Gasteiger partial charge on any atom is -0.294 e. The third-order valence-corrected chi connectivity index (χ3v) is 9.46. The van der Waals surface area contributed by atoms with Crippen LogP contribution in [0.5, 0.6) is 0 Å². The van der Waals surface area contributed by atoms with E-state index in [-0.39, 0.29) is 0 Å². The standard InChI is InChI=1S/C43H26N6/c1-2-9-33-27(6-1)12-17-39-41(33)36-22-28(37-15-11-31(25-47-37)30-8-3-19-44-24-30)13-16-38(36)49(39)40-18-14-32(26-48-40)35-23-29-7-4-20-45-42(29)43-34(35)10-5-21-46-43/h1-26H. The highest BCUT2D eigenvalue weighted by molar-refractivity contribution is 6.21. The zero-order valence-corrected chi connectivity index (χ0v) is 26.2. The highest BCUT2D eigenvalue weighted by Gasteiger charge is 2.18. The lowest BCUT2D eigenvalue weighted by molar-refractivity contribution is 1.08. The molecular weight excluding hydrogens is 601 g/mol. The number of nitrogens with zero attached hydrogens (tertiary/aromatic N) is 6. The molecule has 4 aromatic carbocycles. The highest BCUT2D eigenvalue weighted by Crippen LogP contribution is 2.39. The predicted octanol–water partition coefficient (Wildman–Crippen LogP) is 10.2. The van der Waals surface area contributed by atoms with E-state index in [1.54, 1.807) is 6.20 Å². The van der Waals surface area contributed by atoms with Crippen molar-refractivity contribution in [1.82, 2.24) is 29.5 Å². The SMILES string of the molecule is c1cncc(-c2ccc(-c3ccc4c(c3)c3c5ccccc5ccc3n4-c3ccc(-c4cc5cccnc5c5ncccc45)cn3)nc2)c1. The lowest BCUT2D eigenvalue weighted by Gasteiger charge is -2.11. The third kappa shape index (κ3) is 4.38. The number of hydrogen-bond acceptors (Lipinski definition) is 5. The van der Waals surface area contributed by atoms with Gasteiger partial charge in [0.05, 0.1) is 27.8 Å². The molecule has 0 aliphatic carbocycles. The Hall–Kier alpha value is -6.79. The van der Waals surface area contributed by atoms with Crippen LogP contribution in [0, 0.1) is 0 Å². The molecular formula is C43H26N6. The van der Waals surface area contributed by atoms with Crippen molar-refractivity contribution in [2.24, 2.45) is 0 Å². The molecule has 0 atom stereocenters. The van der Waals surface area contributed by atoms with E-state index in [0.29, 0.717) is 0 Å². The van der Waals surface area contributed by atoms with Gasteiger partial charge in [0.2, 0.25) is 0 Å². The van der Waals surface area contributed by atoms with Crippen LogP contribution < -0.4 is 0 Å². The summed E-state index contributed by atoms with van der Waals surface area (Å²) in [5, 5.41) is 6.88. The first-order valence-electron chi connectivity index (χ1n) is 16.2. The summed E-state index contributed by atoms with van der Waals surface area (Å²) in [6, 6.07) is 42.4. The van der Waals surface area contributed by atoms with Crippen LogP contribution in [0.4, 0.5) is 0 Å². The van der Waals surface area contributed by atoms with Gasteiger partial charge in [0.15, 0.2) is 0 Å². The Kier molecular flexibility index (Phi) is 6.08. The van der Waals surface area contributed by atoms with E-state index in [9.17, 15) is 0 Å². The Balaban J connectivity index is 1.14. The molecule has 0 radical (unpaired) electrons. The molecule has 10 rings (SSSR count). The van der Waals surface area contributed by atoms with E-state index in [1.165, 1.54) is 16.2 Å². The molecule has 6 nitrogen and oxygen atoms in total. The van der Waals surface area contributed by atoms with Gasteiger partial charge in [0.25, 0.3) is 0 Å². The van der Waals surface area contributed by atoms with Gasteiger partial charge in [-0.2, -0.15) is 0 Å². The van der Waals surface area contributed by atoms with Crippen LogP contribution in [-0.4, -0.2) is 29.5 Å². The molecule has 0 aliphatic rings. The average Bonchev–Trinajstić information content (AvgIpc) is 3.52. The monoisotopic (exact) mass is 626 g/mol. The van der Waals surface area contributed by atoms with Gasteiger partial charge in [-0.1, -0.05) is 60.7 Å². The van der Waals surface area contributed by atoms with E-state index >= 15 is 0 Å². The predicted molar refractivity (Wildman–Crippen MR) is 199 cm³/mol. The molecule has 6 heteroatoms. The second-order valence-corrected chi connectivity index (χ2v) is 12.2. The fourth-order valence-electron chi connectivity index (χ4n) is 7.16. The third-order valence-electron chi connectivity index (χ3n) is 9.46. The van der Waals surface area contributed by atoms with Crippen LogP contribution in [0.25, 0.3) is 93.7 Å². The quantitative estimate of drug-likeness (QED) is 0.182. The number of hydrogen-bond donors (Lipinski definition) is 0. The Morgan fingerprint density at radius 2 is 1.18 bits per heavy atom. The molecule has 0 amide bonds. The first-order valence-corrected chi connectivity index (χ1v) is 16.2. The van der Waals surface area contributed by atoms with Gasteiger partial charge in [-0.05, 0) is 77.0 Å². The van der Waals surface area contributed by atoms with E-state index in [1.807, 2.05) is 49.2 Å². The smallest absolute Gasteiger partial charge is 0.137 e. The molecule has 0 saturated heterocycles. The largest absolute Gasteiger partial charge is 0.294 e. The van der Waals surface area contributed by atoms with Crippen molar-refractivity contribution in [3.8, 4) is 39.3 Å². The Labute approximate surface area is 281 Å². The number of pyridine rings is 5. The Bertz CT molecular complexity index is 2860. The van der Waals surface area contributed by atoms with Gasteiger partial charge in [0, 0.05) is 81.0 Å². The van der Waals surface area contributed by atoms with Crippen molar-refractivity contribution in [3.05, 3.63) is 159 Å². The number of rotatable bonds is 4. The molecule has 0 aliphatic heterocycles. The van der Waals surface area contributed by atoms with Crippen molar-refractivity contribution in [3.63, 3.8) is 0 Å². The minimum absolute atomic E-state index is 0.857. The van der Waals surface area contributed by atoms with Gasteiger partial charge in [-0.25, -0.2) is 4.98 Å². The van der Waals surface area contributed by atoms with Crippen LogP contribution in [0.3, 0.4) is 0 Å². The summed E-state index contributed by atoms with van der Waals surface area (Å²) in [6.07, 6.45) is 11.2. The summed E-state index contributed by atoms with van der Waals surface area (Å²) in [6.45, 7) is 0. The molecule has 10 aromatic rings. The van der Waals surface area contributed by atoms with E-state index in [2.05, 4.69) is 118 Å². The van der Waals surface area contributed by atoms with Crippen LogP contribution >= 0.6 is 0 Å². The molecule has 0 spiro atoms. The van der Waals surface area contributed by atoms with E-state index < -0.39 is 0 Å². The summed E-state index contributed by atoms with van der Waals surface area (Å²) in [7, 11) is 0. The van der Waals surface area contributed by atoms with Crippen LogP contribution in [0.1, 0.15) is 0 Å². The summed E-state index contributed by atoms with van der Waals surface area (Å²) in [5.41, 5.74) is 10.2. The summed E-state index contributed by atoms with van der Waals surface area (Å²) < 4.78 is 2.27. The van der Waals surface area contributed by atoms with Gasteiger partial charge < -0.3 is 0 Å². The number of aromatic nitrogens is 6. The van der Waals surface area contributed by atoms with Crippen LogP contribution in [-0.2, 0) is 0 Å². The Morgan fingerprint density at radius 1 is 0.429 bits per heavy atom. The normalized spacial score (nSPS) is 11.7. The van der Waals surface area contributed by atoms with E-state index in [0.717, 1.165) is 77.6 Å². The van der Waals surface area contributed by atoms with Gasteiger partial charge in [0.1, 0.15) is 5.82 Å². The van der Waals surface area contributed by atoms with Crippen molar-refractivity contribution in [2.75, 3.05) is 0 Å². The van der Waals surface area contributed by atoms with E-state index in [4.69, 9.17) is 15.0 Å². The van der Waals surface area contributed by atoms with Gasteiger partial charge >= 0.3 is 0 Å². The molecule has 0 bridgehead atoms. The van der Waals surface area contributed by atoms with Crippen molar-refractivity contribution in [1.29, 1.82) is 0 Å². The first kappa shape index (κ1) is 27.3. The molecule has 0 fully saturated rings. The molecule has 6 heterocycles. The zero-order valence-electron chi connectivity index (χ0n) is 26.2. The zero-order chi connectivity index (χ0) is 32.3. The molecule has 6 aromatic heterocycles. The molecule has 0 saturated carbocycles. The number of fused-ring (bicyclic) bond motifs is 8. The molecule has 0 N–H and O–H groups in total. The average molecular weight is 627 g/mol. The lowest BCUT2D eigenvalue weighted by Crippen LogP contribution is -1.97. The van der Waals surface area contributed by atoms with Gasteiger partial charge in [-0.3, -0.25) is 24.5 Å². The summed E-state index contributed by atoms with van der Waals surface area (Å²) in [5.74, 6) is 0.857. The summed E-state index contributed by atoms with van der Waals surface area (Å²) >= 11 is 0. The van der Waals surface area contributed by atoms with Crippen molar-refractivity contribution in [2.45, 2.75) is 0 Å². The summed E-state index contributed by atoms with van der Waals surface area (Å²) in [4.78, 5) is 23.5. The maximum Gasteiger partial charge on any atom is 0.137 e. The van der Waals surface area contributed by atoms with Gasteiger partial charge in [-0.15, -0.1) is 0 Å². The lowest BCUT2D eigenvalue weighted by atomic mass is 9.99.